The molecule has 1 atom stereocenters. The number of aromatic carboxylic acids is 1. The molecule has 2 aromatic carbocycles. The van der Waals surface area contributed by atoms with E-state index in [0.29, 0.717) is 16.9 Å². The molecule has 0 fully saturated rings. The van der Waals surface area contributed by atoms with E-state index in [1.165, 1.54) is 0 Å². The van der Waals surface area contributed by atoms with Crippen LogP contribution in [0.2, 0.25) is 0 Å². The molecule has 1 aliphatic rings. The molecular formula is C26H27NO3. The van der Waals surface area contributed by atoms with Gasteiger partial charge in [0.15, 0.2) is 0 Å². The number of carboxylic acids is 1. The normalized spacial score (nSPS) is 17.7. The highest BCUT2D eigenvalue weighted by Crippen LogP contribution is 2.44. The van der Waals surface area contributed by atoms with Crippen molar-refractivity contribution in [2.24, 2.45) is 11.3 Å². The highest BCUT2D eigenvalue weighted by atomic mass is 16.5. The SMILES string of the molecule is COc1ccc(/C=C2\CC(C(C)(C)C)Cc3c2nc2ccccc2c3C(=O)O)cc1. The van der Waals surface area contributed by atoms with Gasteiger partial charge in [-0.2, -0.15) is 0 Å². The molecule has 1 unspecified atom stereocenters. The average molecular weight is 402 g/mol. The van der Waals surface area contributed by atoms with E-state index in [1.54, 1.807) is 7.11 Å². The Bertz CT molecular complexity index is 1140. The van der Waals surface area contributed by atoms with Gasteiger partial charge in [-0.3, -0.25) is 0 Å². The standard InChI is InChI=1S/C26H27NO3/c1-26(2,3)18-14-17(13-16-9-11-19(30-4)12-10-16)24-21(15-18)23(25(28)29)20-7-5-6-8-22(20)27-24/h5-13,18H,14-15H2,1-4H3,(H,28,29)/b17-13+. The molecule has 1 N–H and O–H groups in total. The number of benzene rings is 2. The van der Waals surface area contributed by atoms with E-state index in [-0.39, 0.29) is 5.41 Å². The summed E-state index contributed by atoms with van der Waals surface area (Å²) in [5.41, 5.74) is 4.99. The van der Waals surface area contributed by atoms with Crippen molar-refractivity contribution in [2.75, 3.05) is 7.11 Å². The highest BCUT2D eigenvalue weighted by Gasteiger charge is 2.35. The topological polar surface area (TPSA) is 59.4 Å². The largest absolute Gasteiger partial charge is 0.497 e. The molecule has 0 spiro atoms. The Morgan fingerprint density at radius 2 is 1.80 bits per heavy atom. The fourth-order valence-corrected chi connectivity index (χ4v) is 4.28. The van der Waals surface area contributed by atoms with Crippen LogP contribution in [0.5, 0.6) is 5.75 Å². The summed E-state index contributed by atoms with van der Waals surface area (Å²) in [7, 11) is 1.65. The second-order valence-electron chi connectivity index (χ2n) is 9.05. The molecule has 0 aliphatic heterocycles. The van der Waals surface area contributed by atoms with Crippen LogP contribution >= 0.6 is 0 Å². The van der Waals surface area contributed by atoms with Crippen LogP contribution in [0.4, 0.5) is 0 Å². The van der Waals surface area contributed by atoms with Crippen molar-refractivity contribution in [2.45, 2.75) is 33.6 Å². The van der Waals surface area contributed by atoms with Crippen molar-refractivity contribution in [3.8, 4) is 5.75 Å². The Labute approximate surface area is 177 Å². The van der Waals surface area contributed by atoms with E-state index in [2.05, 4.69) is 26.8 Å². The van der Waals surface area contributed by atoms with Gasteiger partial charge >= 0.3 is 5.97 Å². The van der Waals surface area contributed by atoms with Gasteiger partial charge in [0.05, 0.1) is 23.9 Å². The van der Waals surface area contributed by atoms with Crippen molar-refractivity contribution in [1.82, 2.24) is 4.98 Å². The number of para-hydroxylation sites is 1. The Hall–Kier alpha value is -3.14. The first kappa shape index (κ1) is 20.1. The third-order valence-electron chi connectivity index (χ3n) is 6.11. The first-order chi connectivity index (χ1) is 14.3. The van der Waals surface area contributed by atoms with E-state index in [0.717, 1.165) is 46.5 Å². The smallest absolute Gasteiger partial charge is 0.336 e. The van der Waals surface area contributed by atoms with Crippen molar-refractivity contribution in [3.63, 3.8) is 0 Å². The summed E-state index contributed by atoms with van der Waals surface area (Å²) in [6, 6.07) is 15.4. The number of methoxy groups -OCH3 is 1. The van der Waals surface area contributed by atoms with Crippen LogP contribution in [-0.2, 0) is 6.42 Å². The molecule has 4 nitrogen and oxygen atoms in total. The van der Waals surface area contributed by atoms with E-state index < -0.39 is 5.97 Å². The lowest BCUT2D eigenvalue weighted by molar-refractivity contribution is 0.0696. The second-order valence-corrected chi connectivity index (χ2v) is 9.05. The maximum absolute atomic E-state index is 12.3. The van der Waals surface area contributed by atoms with Crippen LogP contribution in [0, 0.1) is 11.3 Å². The van der Waals surface area contributed by atoms with Gasteiger partial charge in [0.1, 0.15) is 5.75 Å². The predicted molar refractivity (Wildman–Crippen MR) is 121 cm³/mol. The lowest BCUT2D eigenvalue weighted by atomic mass is 9.69. The summed E-state index contributed by atoms with van der Waals surface area (Å²) in [5.74, 6) is 0.254. The minimum Gasteiger partial charge on any atom is -0.497 e. The van der Waals surface area contributed by atoms with Crippen molar-refractivity contribution in [1.29, 1.82) is 0 Å². The number of nitrogens with zero attached hydrogens (tertiary/aromatic N) is 1. The highest BCUT2D eigenvalue weighted by molar-refractivity contribution is 6.06. The Kier molecular flexibility index (Phi) is 5.10. The van der Waals surface area contributed by atoms with E-state index >= 15 is 0 Å². The van der Waals surface area contributed by atoms with Crippen LogP contribution in [0.15, 0.2) is 48.5 Å². The fourth-order valence-electron chi connectivity index (χ4n) is 4.28. The minimum atomic E-state index is -0.886. The molecule has 0 saturated heterocycles. The van der Waals surface area contributed by atoms with E-state index in [4.69, 9.17) is 9.72 Å². The monoisotopic (exact) mass is 401 g/mol. The average Bonchev–Trinajstić information content (AvgIpc) is 2.71. The van der Waals surface area contributed by atoms with Crippen molar-refractivity contribution >= 4 is 28.5 Å². The van der Waals surface area contributed by atoms with Crippen LogP contribution in [0.3, 0.4) is 0 Å². The zero-order valence-electron chi connectivity index (χ0n) is 17.9. The van der Waals surface area contributed by atoms with Gasteiger partial charge in [-0.15, -0.1) is 0 Å². The van der Waals surface area contributed by atoms with E-state index in [1.807, 2.05) is 48.5 Å². The predicted octanol–water partition coefficient (Wildman–Crippen LogP) is 6.09. The van der Waals surface area contributed by atoms with Crippen LogP contribution in [0.1, 0.15) is 54.4 Å². The molecule has 30 heavy (non-hydrogen) atoms. The summed E-state index contributed by atoms with van der Waals surface area (Å²) in [5, 5.41) is 10.8. The molecule has 1 aliphatic carbocycles. The quantitative estimate of drug-likeness (QED) is 0.577. The molecule has 3 aromatic rings. The summed E-state index contributed by atoms with van der Waals surface area (Å²) < 4.78 is 5.27. The van der Waals surface area contributed by atoms with Crippen LogP contribution < -0.4 is 4.74 Å². The number of ether oxygens (including phenoxy) is 1. The van der Waals surface area contributed by atoms with Gasteiger partial charge in [-0.1, -0.05) is 51.1 Å². The maximum atomic E-state index is 12.3. The molecule has 0 amide bonds. The number of carboxylic acid groups (broad SMARTS) is 1. The lowest BCUT2D eigenvalue weighted by Gasteiger charge is -2.36. The van der Waals surface area contributed by atoms with Crippen molar-refractivity contribution < 1.29 is 14.6 Å². The Morgan fingerprint density at radius 3 is 2.43 bits per heavy atom. The number of hydrogen-bond donors (Lipinski definition) is 1. The number of aromatic nitrogens is 1. The molecule has 1 aromatic heterocycles. The minimum absolute atomic E-state index is 0.0537. The number of hydrogen-bond acceptors (Lipinski definition) is 3. The van der Waals surface area contributed by atoms with Gasteiger partial charge in [-0.25, -0.2) is 9.78 Å². The molecule has 0 saturated carbocycles. The summed E-state index contributed by atoms with van der Waals surface area (Å²) in [4.78, 5) is 17.2. The number of pyridine rings is 1. The molecule has 4 heteroatoms. The number of carbonyl (C=O) groups is 1. The zero-order valence-corrected chi connectivity index (χ0v) is 17.9. The maximum Gasteiger partial charge on any atom is 0.336 e. The van der Waals surface area contributed by atoms with Crippen LogP contribution in [-0.4, -0.2) is 23.2 Å². The lowest BCUT2D eigenvalue weighted by Crippen LogP contribution is -2.28. The summed E-state index contributed by atoms with van der Waals surface area (Å²) in [6.45, 7) is 6.67. The molecular weight excluding hydrogens is 374 g/mol. The Balaban J connectivity index is 1.96. The number of rotatable bonds is 3. The molecule has 0 radical (unpaired) electrons. The van der Waals surface area contributed by atoms with Crippen molar-refractivity contribution in [3.05, 3.63) is 70.9 Å². The first-order valence-electron chi connectivity index (χ1n) is 10.3. The zero-order chi connectivity index (χ0) is 21.5. The molecule has 0 bridgehead atoms. The fraction of sp³-hybridized carbons (Fsp3) is 0.308. The van der Waals surface area contributed by atoms with Gasteiger partial charge in [-0.05, 0) is 65.1 Å². The summed E-state index contributed by atoms with van der Waals surface area (Å²) in [6.07, 6.45) is 3.73. The molecule has 1 heterocycles. The van der Waals surface area contributed by atoms with Crippen LogP contribution in [0.25, 0.3) is 22.6 Å². The molecule has 154 valence electrons. The number of allylic oxidation sites excluding steroid dienone is 1. The van der Waals surface area contributed by atoms with Gasteiger partial charge in [0.2, 0.25) is 0 Å². The summed E-state index contributed by atoms with van der Waals surface area (Å²) >= 11 is 0. The third kappa shape index (κ3) is 3.70. The van der Waals surface area contributed by atoms with Gasteiger partial charge in [0, 0.05) is 5.39 Å². The van der Waals surface area contributed by atoms with E-state index in [9.17, 15) is 9.90 Å². The van der Waals surface area contributed by atoms with Gasteiger partial charge < -0.3 is 9.84 Å². The molecule has 4 rings (SSSR count). The Morgan fingerprint density at radius 1 is 1.10 bits per heavy atom. The number of fused-ring (bicyclic) bond motifs is 2. The van der Waals surface area contributed by atoms with Gasteiger partial charge in [0.25, 0.3) is 0 Å². The first-order valence-corrected chi connectivity index (χ1v) is 10.3. The third-order valence-corrected chi connectivity index (χ3v) is 6.11. The second kappa shape index (κ2) is 7.60.